The van der Waals surface area contributed by atoms with E-state index in [0.29, 0.717) is 12.2 Å². The Kier molecular flexibility index (Phi) is 6.09. The van der Waals surface area contributed by atoms with Crippen LogP contribution in [0.3, 0.4) is 0 Å². The van der Waals surface area contributed by atoms with E-state index in [1.54, 1.807) is 0 Å². The summed E-state index contributed by atoms with van der Waals surface area (Å²) in [5.74, 6) is -1.48. The minimum atomic E-state index is -0.739. The smallest absolute Gasteiger partial charge is 0.346 e. The molecule has 0 unspecified atom stereocenters. The maximum absolute atomic E-state index is 11.4. The lowest BCUT2D eigenvalue weighted by atomic mass is 10.1. The van der Waals surface area contributed by atoms with Crippen molar-refractivity contribution in [2.24, 2.45) is 0 Å². The molecule has 1 aromatic rings. The van der Waals surface area contributed by atoms with E-state index in [1.807, 2.05) is 24.3 Å². The summed E-state index contributed by atoms with van der Waals surface area (Å²) < 4.78 is 9.00. The second-order valence-corrected chi connectivity index (χ2v) is 3.99. The third-order valence-corrected chi connectivity index (χ3v) is 2.59. The molecule has 0 bridgehead atoms. The number of anilines is 1. The van der Waals surface area contributed by atoms with Crippen molar-refractivity contribution >= 4 is 17.6 Å². The van der Waals surface area contributed by atoms with Gasteiger partial charge in [0.2, 0.25) is 0 Å². The number of nitrogens with one attached hydrogen (secondary N) is 1. The van der Waals surface area contributed by atoms with Crippen molar-refractivity contribution in [2.45, 2.75) is 6.42 Å². The molecule has 1 aromatic carbocycles. The third-order valence-electron chi connectivity index (χ3n) is 2.59. The number of methoxy groups -OCH3 is 2. The lowest BCUT2D eigenvalue weighted by molar-refractivity contribution is -0.144. The fourth-order valence-electron chi connectivity index (χ4n) is 1.50. The molecular weight excluding hydrogens is 260 g/mol. The summed E-state index contributed by atoms with van der Waals surface area (Å²) in [7, 11) is 2.40. The molecule has 0 heterocycles. The molecule has 0 aliphatic rings. The van der Waals surface area contributed by atoms with Crippen molar-refractivity contribution in [1.82, 2.24) is 5.32 Å². The first-order chi connectivity index (χ1) is 9.58. The van der Waals surface area contributed by atoms with Gasteiger partial charge in [-0.25, -0.2) is 9.59 Å². The maximum atomic E-state index is 11.4. The highest BCUT2D eigenvalue weighted by Crippen LogP contribution is 2.05. The molecular formula is C14H18N2O4. The van der Waals surface area contributed by atoms with Crippen LogP contribution in [0.5, 0.6) is 0 Å². The van der Waals surface area contributed by atoms with Gasteiger partial charge in [0.05, 0.1) is 14.2 Å². The van der Waals surface area contributed by atoms with Crippen LogP contribution in [-0.2, 0) is 25.5 Å². The molecule has 0 fully saturated rings. The fourth-order valence-corrected chi connectivity index (χ4v) is 1.50. The quantitative estimate of drug-likeness (QED) is 0.198. The summed E-state index contributed by atoms with van der Waals surface area (Å²) in [6.45, 7) is 0.557. The number of carbonyl (C=O) groups excluding carboxylic acids is 2. The standard InChI is InChI=1S/C14H18N2O4/c1-19-13(17)12(14(18)20-2)9-16-8-7-10-3-5-11(15)6-4-10/h3-6,9,16H,7-8,15H2,1-2H3. The summed E-state index contributed by atoms with van der Waals surface area (Å²) in [5, 5.41) is 2.88. The first-order valence-corrected chi connectivity index (χ1v) is 6.03. The zero-order valence-corrected chi connectivity index (χ0v) is 11.5. The summed E-state index contributed by atoms with van der Waals surface area (Å²) in [6.07, 6.45) is 2.03. The normalized spacial score (nSPS) is 9.50. The number of ether oxygens (including phenoxy) is 2. The molecule has 0 saturated carbocycles. The second kappa shape index (κ2) is 7.83. The molecule has 108 valence electrons. The van der Waals surface area contributed by atoms with E-state index in [1.165, 1.54) is 20.4 Å². The van der Waals surface area contributed by atoms with Gasteiger partial charge >= 0.3 is 11.9 Å². The highest BCUT2D eigenvalue weighted by Gasteiger charge is 2.19. The number of hydrogen-bond acceptors (Lipinski definition) is 6. The van der Waals surface area contributed by atoms with Crippen LogP contribution in [-0.4, -0.2) is 32.7 Å². The van der Waals surface area contributed by atoms with Gasteiger partial charge in [0.25, 0.3) is 0 Å². The zero-order valence-electron chi connectivity index (χ0n) is 11.5. The predicted octanol–water partition coefficient (Wildman–Crippen LogP) is 0.631. The van der Waals surface area contributed by atoms with Crippen molar-refractivity contribution in [1.29, 1.82) is 0 Å². The van der Waals surface area contributed by atoms with Gasteiger partial charge in [0.1, 0.15) is 0 Å². The Balaban J connectivity index is 2.54. The minimum Gasteiger partial charge on any atom is -0.465 e. The fraction of sp³-hybridized carbons (Fsp3) is 0.286. The van der Waals surface area contributed by atoms with Crippen molar-refractivity contribution in [3.05, 3.63) is 41.6 Å². The molecule has 0 spiro atoms. The van der Waals surface area contributed by atoms with E-state index >= 15 is 0 Å². The van der Waals surface area contributed by atoms with Crippen molar-refractivity contribution in [3.63, 3.8) is 0 Å². The van der Waals surface area contributed by atoms with Crippen LogP contribution in [0.2, 0.25) is 0 Å². The monoisotopic (exact) mass is 278 g/mol. The molecule has 0 aliphatic carbocycles. The Morgan fingerprint density at radius 1 is 1.15 bits per heavy atom. The predicted molar refractivity (Wildman–Crippen MR) is 74.7 cm³/mol. The van der Waals surface area contributed by atoms with Gasteiger partial charge < -0.3 is 20.5 Å². The summed E-state index contributed by atoms with van der Waals surface area (Å²) in [6, 6.07) is 7.48. The highest BCUT2D eigenvalue weighted by molar-refractivity contribution is 6.13. The van der Waals surface area contributed by atoms with Crippen molar-refractivity contribution in [3.8, 4) is 0 Å². The Labute approximate surface area is 117 Å². The van der Waals surface area contributed by atoms with Crippen LogP contribution in [0, 0.1) is 0 Å². The van der Waals surface area contributed by atoms with Crippen LogP contribution in [0.15, 0.2) is 36.0 Å². The number of rotatable bonds is 6. The third kappa shape index (κ3) is 4.64. The van der Waals surface area contributed by atoms with Crippen LogP contribution in [0.1, 0.15) is 5.56 Å². The summed E-state index contributed by atoms with van der Waals surface area (Å²) >= 11 is 0. The number of nitrogen functional groups attached to an aromatic ring is 1. The molecule has 0 atom stereocenters. The topological polar surface area (TPSA) is 90.6 Å². The van der Waals surface area contributed by atoms with E-state index in [2.05, 4.69) is 14.8 Å². The van der Waals surface area contributed by atoms with Crippen LogP contribution < -0.4 is 11.1 Å². The molecule has 1 rings (SSSR count). The van der Waals surface area contributed by atoms with Gasteiger partial charge in [-0.1, -0.05) is 12.1 Å². The molecule has 6 nitrogen and oxygen atoms in total. The highest BCUT2D eigenvalue weighted by atomic mass is 16.5. The summed E-state index contributed by atoms with van der Waals surface area (Å²) in [5.41, 5.74) is 7.22. The SMILES string of the molecule is COC(=O)C(=CNCCc1ccc(N)cc1)C(=O)OC. The van der Waals surface area contributed by atoms with Crippen molar-refractivity contribution < 1.29 is 19.1 Å². The van der Waals surface area contributed by atoms with E-state index in [9.17, 15) is 9.59 Å². The average molecular weight is 278 g/mol. The molecule has 20 heavy (non-hydrogen) atoms. The number of nitrogens with two attached hydrogens (primary N) is 1. The first-order valence-electron chi connectivity index (χ1n) is 6.03. The Bertz CT molecular complexity index is 476. The summed E-state index contributed by atoms with van der Waals surface area (Å²) in [4.78, 5) is 22.7. The lowest BCUT2D eigenvalue weighted by Crippen LogP contribution is -2.20. The molecule has 3 N–H and O–H groups in total. The molecule has 0 radical (unpaired) electrons. The number of benzene rings is 1. The van der Waals surface area contributed by atoms with Crippen molar-refractivity contribution in [2.75, 3.05) is 26.5 Å². The number of esters is 2. The van der Waals surface area contributed by atoms with Crippen LogP contribution >= 0.6 is 0 Å². The van der Waals surface area contributed by atoms with Gasteiger partial charge in [-0.2, -0.15) is 0 Å². The number of carbonyl (C=O) groups is 2. The van der Waals surface area contributed by atoms with E-state index in [0.717, 1.165) is 12.0 Å². The van der Waals surface area contributed by atoms with Gasteiger partial charge in [-0.15, -0.1) is 0 Å². The Hall–Kier alpha value is -2.50. The van der Waals surface area contributed by atoms with Crippen LogP contribution in [0.25, 0.3) is 0 Å². The van der Waals surface area contributed by atoms with Gasteiger partial charge in [0, 0.05) is 18.4 Å². The maximum Gasteiger partial charge on any atom is 0.346 e. The van der Waals surface area contributed by atoms with E-state index < -0.39 is 11.9 Å². The second-order valence-electron chi connectivity index (χ2n) is 3.99. The first kappa shape index (κ1) is 15.6. The molecule has 0 amide bonds. The largest absolute Gasteiger partial charge is 0.465 e. The molecule has 0 saturated heterocycles. The molecule has 6 heteroatoms. The van der Waals surface area contributed by atoms with Crippen LogP contribution in [0.4, 0.5) is 5.69 Å². The van der Waals surface area contributed by atoms with Gasteiger partial charge in [-0.3, -0.25) is 0 Å². The zero-order chi connectivity index (χ0) is 15.0. The Morgan fingerprint density at radius 3 is 2.20 bits per heavy atom. The van der Waals surface area contributed by atoms with Gasteiger partial charge in [0.15, 0.2) is 5.57 Å². The van der Waals surface area contributed by atoms with E-state index in [-0.39, 0.29) is 5.57 Å². The molecule has 0 aliphatic heterocycles. The Morgan fingerprint density at radius 2 is 1.70 bits per heavy atom. The van der Waals surface area contributed by atoms with Gasteiger partial charge in [-0.05, 0) is 24.1 Å². The number of hydrogen-bond donors (Lipinski definition) is 2. The minimum absolute atomic E-state index is 0.174. The average Bonchev–Trinajstić information content (AvgIpc) is 2.47. The molecule has 0 aromatic heterocycles. The van der Waals surface area contributed by atoms with E-state index in [4.69, 9.17) is 5.73 Å². The lowest BCUT2D eigenvalue weighted by Gasteiger charge is -2.05.